The number of halogens is 1. The van der Waals surface area contributed by atoms with Gasteiger partial charge < -0.3 is 5.32 Å². The number of piperidine rings is 1. The highest BCUT2D eigenvalue weighted by atomic mass is 35.5. The minimum absolute atomic E-state index is 0. The van der Waals surface area contributed by atoms with Crippen LogP contribution >= 0.6 is 12.4 Å². The Balaban J connectivity index is 0.000001000. The number of hydrogen-bond acceptors (Lipinski definition) is 1. The van der Waals surface area contributed by atoms with Gasteiger partial charge in [0.25, 0.3) is 0 Å². The lowest BCUT2D eigenvalue weighted by Gasteiger charge is -2.26. The van der Waals surface area contributed by atoms with Gasteiger partial charge >= 0.3 is 0 Å². The summed E-state index contributed by atoms with van der Waals surface area (Å²) in [5, 5.41) is 3.53. The standard InChI is InChI=1S/C9H17N.ClH/c1-3-5-9-7-4-6-8(2)10-9;/h3,5,8-10H,4,6-7H2,1-2H3;1H/b5-3+;. The molecule has 0 aromatic rings. The zero-order chi connectivity index (χ0) is 7.40. The van der Waals surface area contributed by atoms with Gasteiger partial charge in [-0.3, -0.25) is 0 Å². The van der Waals surface area contributed by atoms with Crippen molar-refractivity contribution in [3.8, 4) is 0 Å². The van der Waals surface area contributed by atoms with Gasteiger partial charge in [-0.1, -0.05) is 18.6 Å². The average molecular weight is 176 g/mol. The molecule has 1 aliphatic rings. The van der Waals surface area contributed by atoms with Crippen LogP contribution in [0.25, 0.3) is 0 Å². The van der Waals surface area contributed by atoms with Crippen molar-refractivity contribution < 1.29 is 0 Å². The predicted octanol–water partition coefficient (Wildman–Crippen LogP) is 2.51. The summed E-state index contributed by atoms with van der Waals surface area (Å²) < 4.78 is 0. The number of rotatable bonds is 1. The zero-order valence-electron chi connectivity index (χ0n) is 7.34. The summed E-state index contributed by atoms with van der Waals surface area (Å²) in [5.41, 5.74) is 0. The minimum Gasteiger partial charge on any atom is -0.308 e. The molecule has 0 aromatic heterocycles. The van der Waals surface area contributed by atoms with Crippen LogP contribution in [0.4, 0.5) is 0 Å². The van der Waals surface area contributed by atoms with E-state index in [9.17, 15) is 0 Å². The fraction of sp³-hybridized carbons (Fsp3) is 0.778. The molecule has 1 heterocycles. The van der Waals surface area contributed by atoms with Crippen LogP contribution in [0.15, 0.2) is 12.2 Å². The van der Waals surface area contributed by atoms with Crippen molar-refractivity contribution in [2.75, 3.05) is 0 Å². The molecule has 66 valence electrons. The lowest BCUT2D eigenvalue weighted by molar-refractivity contribution is 0.374. The molecule has 0 bridgehead atoms. The van der Waals surface area contributed by atoms with Crippen molar-refractivity contribution >= 4 is 12.4 Å². The van der Waals surface area contributed by atoms with Gasteiger partial charge in [0.15, 0.2) is 0 Å². The lowest BCUT2D eigenvalue weighted by atomic mass is 9.99. The molecule has 2 unspecified atom stereocenters. The molecule has 0 saturated carbocycles. The highest BCUT2D eigenvalue weighted by Gasteiger charge is 2.13. The Hall–Kier alpha value is -0.0100. The molecule has 1 rings (SSSR count). The molecule has 0 spiro atoms. The van der Waals surface area contributed by atoms with Crippen LogP contribution < -0.4 is 5.32 Å². The number of nitrogens with one attached hydrogen (secondary N) is 1. The normalized spacial score (nSPS) is 31.8. The molecule has 1 fully saturated rings. The van der Waals surface area contributed by atoms with Crippen molar-refractivity contribution in [2.45, 2.75) is 45.2 Å². The maximum atomic E-state index is 3.53. The van der Waals surface area contributed by atoms with Gasteiger partial charge in [0.1, 0.15) is 0 Å². The molecule has 11 heavy (non-hydrogen) atoms. The first-order chi connectivity index (χ1) is 4.83. The average Bonchev–Trinajstić information content (AvgIpc) is 1.88. The van der Waals surface area contributed by atoms with Gasteiger partial charge in [-0.2, -0.15) is 0 Å². The van der Waals surface area contributed by atoms with Gasteiger partial charge in [0.05, 0.1) is 0 Å². The van der Waals surface area contributed by atoms with E-state index in [1.807, 2.05) is 0 Å². The fourth-order valence-electron chi connectivity index (χ4n) is 1.56. The monoisotopic (exact) mass is 175 g/mol. The second-order valence-electron chi connectivity index (χ2n) is 3.13. The molecule has 1 aliphatic heterocycles. The summed E-state index contributed by atoms with van der Waals surface area (Å²) in [6, 6.07) is 1.36. The lowest BCUT2D eigenvalue weighted by Crippen LogP contribution is -2.39. The third kappa shape index (κ3) is 3.78. The number of hydrogen-bond donors (Lipinski definition) is 1. The van der Waals surface area contributed by atoms with Crippen LogP contribution in [0.3, 0.4) is 0 Å². The maximum absolute atomic E-state index is 3.53. The van der Waals surface area contributed by atoms with E-state index in [2.05, 4.69) is 31.3 Å². The van der Waals surface area contributed by atoms with E-state index in [4.69, 9.17) is 0 Å². The maximum Gasteiger partial charge on any atom is 0.0252 e. The Bertz CT molecular complexity index is 123. The van der Waals surface area contributed by atoms with E-state index in [-0.39, 0.29) is 12.4 Å². The second-order valence-corrected chi connectivity index (χ2v) is 3.13. The van der Waals surface area contributed by atoms with E-state index in [0.717, 1.165) is 6.04 Å². The Morgan fingerprint density at radius 1 is 1.36 bits per heavy atom. The first kappa shape index (κ1) is 11.0. The van der Waals surface area contributed by atoms with Crippen LogP contribution in [0.1, 0.15) is 33.1 Å². The molecule has 0 amide bonds. The molecule has 1 saturated heterocycles. The van der Waals surface area contributed by atoms with Crippen LogP contribution in [-0.4, -0.2) is 12.1 Å². The van der Waals surface area contributed by atoms with E-state index >= 15 is 0 Å². The molecule has 1 N–H and O–H groups in total. The van der Waals surface area contributed by atoms with Crippen LogP contribution in [0, 0.1) is 0 Å². The highest BCUT2D eigenvalue weighted by Crippen LogP contribution is 2.12. The van der Waals surface area contributed by atoms with Gasteiger partial charge in [-0.05, 0) is 26.7 Å². The van der Waals surface area contributed by atoms with E-state index in [1.165, 1.54) is 19.3 Å². The summed E-state index contributed by atoms with van der Waals surface area (Å²) >= 11 is 0. The SMILES string of the molecule is C/C=C/C1CCCC(C)N1.Cl. The molecule has 1 nitrogen and oxygen atoms in total. The zero-order valence-corrected chi connectivity index (χ0v) is 8.16. The van der Waals surface area contributed by atoms with Gasteiger partial charge in [-0.15, -0.1) is 12.4 Å². The van der Waals surface area contributed by atoms with E-state index < -0.39 is 0 Å². The Kier molecular flexibility index (Phi) is 5.61. The Morgan fingerprint density at radius 3 is 2.64 bits per heavy atom. The minimum atomic E-state index is 0. The molecule has 0 aliphatic carbocycles. The quantitative estimate of drug-likeness (QED) is 0.604. The van der Waals surface area contributed by atoms with Crippen LogP contribution in [-0.2, 0) is 0 Å². The molecule has 2 atom stereocenters. The summed E-state index contributed by atoms with van der Waals surface area (Å²) in [6.45, 7) is 4.34. The van der Waals surface area contributed by atoms with Crippen molar-refractivity contribution in [1.29, 1.82) is 0 Å². The molecular weight excluding hydrogens is 158 g/mol. The van der Waals surface area contributed by atoms with Crippen LogP contribution in [0.2, 0.25) is 0 Å². The largest absolute Gasteiger partial charge is 0.308 e. The first-order valence-corrected chi connectivity index (χ1v) is 4.22. The summed E-state index contributed by atoms with van der Waals surface area (Å²) in [7, 11) is 0. The molecule has 0 radical (unpaired) electrons. The van der Waals surface area contributed by atoms with Crippen molar-refractivity contribution in [2.24, 2.45) is 0 Å². The second kappa shape index (κ2) is 5.62. The first-order valence-electron chi connectivity index (χ1n) is 4.22. The van der Waals surface area contributed by atoms with Gasteiger partial charge in [-0.25, -0.2) is 0 Å². The molecule has 2 heteroatoms. The van der Waals surface area contributed by atoms with Gasteiger partial charge in [0.2, 0.25) is 0 Å². The summed E-state index contributed by atoms with van der Waals surface area (Å²) in [6.07, 6.45) is 8.43. The molecule has 0 aromatic carbocycles. The van der Waals surface area contributed by atoms with E-state index in [0.29, 0.717) is 6.04 Å². The summed E-state index contributed by atoms with van der Waals surface area (Å²) in [4.78, 5) is 0. The van der Waals surface area contributed by atoms with Crippen LogP contribution in [0.5, 0.6) is 0 Å². The highest BCUT2D eigenvalue weighted by molar-refractivity contribution is 5.85. The van der Waals surface area contributed by atoms with E-state index in [1.54, 1.807) is 0 Å². The number of allylic oxidation sites excluding steroid dienone is 1. The van der Waals surface area contributed by atoms with Crippen molar-refractivity contribution in [3.05, 3.63) is 12.2 Å². The topological polar surface area (TPSA) is 12.0 Å². The van der Waals surface area contributed by atoms with Crippen molar-refractivity contribution in [3.63, 3.8) is 0 Å². The third-order valence-corrected chi connectivity index (χ3v) is 2.08. The Labute approximate surface area is 75.7 Å². The summed E-state index contributed by atoms with van der Waals surface area (Å²) in [5.74, 6) is 0. The van der Waals surface area contributed by atoms with Gasteiger partial charge in [0, 0.05) is 12.1 Å². The third-order valence-electron chi connectivity index (χ3n) is 2.08. The smallest absolute Gasteiger partial charge is 0.0252 e. The predicted molar refractivity (Wildman–Crippen MR) is 52.3 cm³/mol. The molecular formula is C9H18ClN. The Morgan fingerprint density at radius 2 is 2.09 bits per heavy atom. The fourth-order valence-corrected chi connectivity index (χ4v) is 1.56. The van der Waals surface area contributed by atoms with Crippen molar-refractivity contribution in [1.82, 2.24) is 5.32 Å².